The van der Waals surface area contributed by atoms with Crippen molar-refractivity contribution in [1.29, 1.82) is 0 Å². The molecule has 0 aromatic rings. The molecule has 3 nitrogen and oxygen atoms in total. The molecular formula is C7H13BrO3. The number of halogens is 1. The lowest BCUT2D eigenvalue weighted by molar-refractivity contribution is -0.152. The fourth-order valence-electron chi connectivity index (χ4n) is 0.476. The van der Waals surface area contributed by atoms with Gasteiger partial charge >= 0.3 is 5.97 Å². The molecule has 0 rings (SSSR count). The van der Waals surface area contributed by atoms with Crippen LogP contribution in [0.25, 0.3) is 0 Å². The number of aliphatic hydroxyl groups excluding tert-OH is 1. The fraction of sp³-hybridized carbons (Fsp3) is 0.857. The molecule has 0 radical (unpaired) electrons. The summed E-state index contributed by atoms with van der Waals surface area (Å²) in [6.45, 7) is 2.41. The number of rotatable bonds is 5. The molecule has 0 aromatic heterocycles. The SMILES string of the molecule is CCCCOC(=O)C(O)CBr. The van der Waals surface area contributed by atoms with Crippen LogP contribution in [-0.2, 0) is 9.53 Å². The molecule has 1 atom stereocenters. The van der Waals surface area contributed by atoms with Crippen molar-refractivity contribution in [3.63, 3.8) is 0 Å². The Morgan fingerprint density at radius 3 is 2.82 bits per heavy atom. The van der Waals surface area contributed by atoms with Crippen LogP contribution in [0.4, 0.5) is 0 Å². The summed E-state index contributed by atoms with van der Waals surface area (Å²) in [7, 11) is 0. The smallest absolute Gasteiger partial charge is 0.335 e. The van der Waals surface area contributed by atoms with Crippen molar-refractivity contribution in [2.24, 2.45) is 0 Å². The Kier molecular flexibility index (Phi) is 6.56. The first-order chi connectivity index (χ1) is 5.22. The third kappa shape index (κ3) is 5.21. The number of esters is 1. The quantitative estimate of drug-likeness (QED) is 0.432. The molecule has 0 amide bonds. The normalized spacial score (nSPS) is 12.6. The lowest BCUT2D eigenvalue weighted by Crippen LogP contribution is -2.24. The molecule has 1 unspecified atom stereocenters. The predicted octanol–water partition coefficient (Wildman–Crippen LogP) is 1.09. The number of hydrogen-bond donors (Lipinski definition) is 1. The molecule has 0 aliphatic rings. The Hall–Kier alpha value is -0.0900. The zero-order valence-electron chi connectivity index (χ0n) is 6.55. The van der Waals surface area contributed by atoms with E-state index >= 15 is 0 Å². The third-order valence-corrected chi connectivity index (χ3v) is 1.77. The van der Waals surface area contributed by atoms with Crippen molar-refractivity contribution in [2.45, 2.75) is 25.9 Å². The Morgan fingerprint density at radius 2 is 2.36 bits per heavy atom. The Bertz CT molecular complexity index is 116. The second-order valence-electron chi connectivity index (χ2n) is 2.19. The van der Waals surface area contributed by atoms with Gasteiger partial charge in [0.05, 0.1) is 6.61 Å². The molecule has 66 valence electrons. The van der Waals surface area contributed by atoms with Crippen molar-refractivity contribution in [3.8, 4) is 0 Å². The molecule has 4 heteroatoms. The third-order valence-electron chi connectivity index (χ3n) is 1.16. The minimum absolute atomic E-state index is 0.234. The van der Waals surface area contributed by atoms with Crippen LogP contribution in [0.15, 0.2) is 0 Å². The number of ether oxygens (including phenoxy) is 1. The summed E-state index contributed by atoms with van der Waals surface area (Å²) in [5.74, 6) is -0.546. The van der Waals surface area contributed by atoms with Crippen LogP contribution in [0.1, 0.15) is 19.8 Å². The number of alkyl halides is 1. The second kappa shape index (κ2) is 6.61. The Morgan fingerprint density at radius 1 is 1.73 bits per heavy atom. The topological polar surface area (TPSA) is 46.5 Å². The van der Waals surface area contributed by atoms with Crippen molar-refractivity contribution in [3.05, 3.63) is 0 Å². The molecular weight excluding hydrogens is 212 g/mol. The molecule has 0 spiro atoms. The van der Waals surface area contributed by atoms with Gasteiger partial charge in [0.15, 0.2) is 6.10 Å². The molecule has 0 aliphatic heterocycles. The number of carbonyl (C=O) groups is 1. The van der Waals surface area contributed by atoms with Crippen LogP contribution >= 0.6 is 15.9 Å². The maximum absolute atomic E-state index is 10.7. The minimum atomic E-state index is -1.02. The number of carbonyl (C=O) groups excluding carboxylic acids is 1. The molecule has 0 aromatic carbocycles. The van der Waals surface area contributed by atoms with Gasteiger partial charge in [-0.1, -0.05) is 29.3 Å². The van der Waals surface area contributed by atoms with Gasteiger partial charge in [0.2, 0.25) is 0 Å². The molecule has 0 saturated heterocycles. The van der Waals surface area contributed by atoms with E-state index in [0.717, 1.165) is 12.8 Å². The van der Waals surface area contributed by atoms with Crippen LogP contribution in [0.5, 0.6) is 0 Å². The summed E-state index contributed by atoms with van der Waals surface area (Å²) < 4.78 is 4.72. The van der Waals surface area contributed by atoms with Gasteiger partial charge in [0.25, 0.3) is 0 Å². The largest absolute Gasteiger partial charge is 0.464 e. The molecule has 0 heterocycles. The highest BCUT2D eigenvalue weighted by atomic mass is 79.9. The maximum Gasteiger partial charge on any atom is 0.335 e. The minimum Gasteiger partial charge on any atom is -0.464 e. The lowest BCUT2D eigenvalue weighted by Gasteiger charge is -2.06. The molecule has 1 N–H and O–H groups in total. The highest BCUT2D eigenvalue weighted by molar-refractivity contribution is 9.09. The summed E-state index contributed by atoms with van der Waals surface area (Å²) in [5.41, 5.74) is 0. The van der Waals surface area contributed by atoms with E-state index in [1.165, 1.54) is 0 Å². The number of unbranched alkanes of at least 4 members (excludes halogenated alkanes) is 1. The van der Waals surface area contributed by atoms with Crippen LogP contribution in [0.2, 0.25) is 0 Å². The molecule has 0 bridgehead atoms. The number of hydrogen-bond acceptors (Lipinski definition) is 3. The fourth-order valence-corrected chi connectivity index (χ4v) is 0.741. The van der Waals surface area contributed by atoms with Crippen molar-refractivity contribution < 1.29 is 14.6 Å². The monoisotopic (exact) mass is 224 g/mol. The van der Waals surface area contributed by atoms with Crippen LogP contribution in [0, 0.1) is 0 Å². The standard InChI is InChI=1S/C7H13BrO3/c1-2-3-4-11-7(10)6(9)5-8/h6,9H,2-5H2,1H3. The van der Waals surface area contributed by atoms with Gasteiger partial charge in [-0.15, -0.1) is 0 Å². The average molecular weight is 225 g/mol. The van der Waals surface area contributed by atoms with Crippen molar-refractivity contribution in [1.82, 2.24) is 0 Å². The van der Waals surface area contributed by atoms with E-state index in [4.69, 9.17) is 9.84 Å². The number of aliphatic hydroxyl groups is 1. The van der Waals surface area contributed by atoms with Gasteiger partial charge in [-0.2, -0.15) is 0 Å². The summed E-state index contributed by atoms with van der Waals surface area (Å²) in [6.07, 6.45) is 0.810. The van der Waals surface area contributed by atoms with Gasteiger partial charge < -0.3 is 9.84 Å². The Labute approximate surface area is 74.9 Å². The van der Waals surface area contributed by atoms with E-state index in [1.807, 2.05) is 6.92 Å². The molecule has 0 fully saturated rings. The molecule has 0 aliphatic carbocycles. The van der Waals surface area contributed by atoms with Crippen molar-refractivity contribution in [2.75, 3.05) is 11.9 Å². The zero-order valence-corrected chi connectivity index (χ0v) is 8.13. The van der Waals surface area contributed by atoms with Crippen molar-refractivity contribution >= 4 is 21.9 Å². The highest BCUT2D eigenvalue weighted by Gasteiger charge is 2.13. The first-order valence-electron chi connectivity index (χ1n) is 3.63. The zero-order chi connectivity index (χ0) is 8.69. The van der Waals surface area contributed by atoms with E-state index in [9.17, 15) is 4.79 Å². The summed E-state index contributed by atoms with van der Waals surface area (Å²) >= 11 is 2.97. The first-order valence-corrected chi connectivity index (χ1v) is 4.75. The molecule has 11 heavy (non-hydrogen) atoms. The average Bonchev–Trinajstić information content (AvgIpc) is 2.03. The lowest BCUT2D eigenvalue weighted by atomic mass is 10.3. The predicted molar refractivity (Wildman–Crippen MR) is 45.7 cm³/mol. The van der Waals surface area contributed by atoms with Crippen LogP contribution < -0.4 is 0 Å². The van der Waals surface area contributed by atoms with Gasteiger partial charge in [0.1, 0.15) is 0 Å². The summed E-state index contributed by atoms with van der Waals surface area (Å²) in [6, 6.07) is 0. The van der Waals surface area contributed by atoms with E-state index in [2.05, 4.69) is 15.9 Å². The van der Waals surface area contributed by atoms with Gasteiger partial charge in [-0.05, 0) is 6.42 Å². The maximum atomic E-state index is 10.7. The highest BCUT2D eigenvalue weighted by Crippen LogP contribution is 1.95. The van der Waals surface area contributed by atoms with E-state index < -0.39 is 12.1 Å². The van der Waals surface area contributed by atoms with E-state index in [-0.39, 0.29) is 5.33 Å². The molecule has 0 saturated carbocycles. The summed E-state index contributed by atoms with van der Waals surface area (Å²) in [5, 5.41) is 9.14. The van der Waals surface area contributed by atoms with Gasteiger partial charge in [0, 0.05) is 5.33 Å². The first kappa shape index (κ1) is 10.9. The van der Waals surface area contributed by atoms with Gasteiger partial charge in [-0.3, -0.25) is 0 Å². The summed E-state index contributed by atoms with van der Waals surface area (Å²) in [4.78, 5) is 10.7. The van der Waals surface area contributed by atoms with Crippen LogP contribution in [0.3, 0.4) is 0 Å². The van der Waals surface area contributed by atoms with Gasteiger partial charge in [-0.25, -0.2) is 4.79 Å². The second-order valence-corrected chi connectivity index (χ2v) is 2.84. The Balaban J connectivity index is 3.36. The van der Waals surface area contributed by atoms with E-state index in [1.54, 1.807) is 0 Å². The van der Waals surface area contributed by atoms with Crippen LogP contribution in [-0.4, -0.2) is 29.1 Å². The van der Waals surface area contributed by atoms with E-state index in [0.29, 0.717) is 6.61 Å².